The fourth-order valence-electron chi connectivity index (χ4n) is 1.78. The predicted octanol–water partition coefficient (Wildman–Crippen LogP) is 1.13. The summed E-state index contributed by atoms with van der Waals surface area (Å²) in [5.41, 5.74) is 1.11. The first-order chi connectivity index (χ1) is 8.24. The van der Waals surface area contributed by atoms with E-state index in [0.717, 1.165) is 32.5 Å². The van der Waals surface area contributed by atoms with Crippen LogP contribution in [-0.4, -0.2) is 11.1 Å². The zero-order chi connectivity index (χ0) is 11.8. The molecule has 1 aromatic heterocycles. The van der Waals surface area contributed by atoms with Gasteiger partial charge < -0.3 is 0 Å². The van der Waals surface area contributed by atoms with Crippen LogP contribution in [0.2, 0.25) is 0 Å². The Morgan fingerprint density at radius 1 is 1.35 bits per heavy atom. The molecule has 0 saturated carbocycles. The molecule has 17 heavy (non-hydrogen) atoms. The van der Waals surface area contributed by atoms with Gasteiger partial charge in [-0.1, -0.05) is 39.4 Å². The first-order valence-electron chi connectivity index (χ1n) is 5.25. The molecule has 3 rings (SSSR count). The molecular weight excluding hydrogens is 300 g/mol. The molecule has 0 saturated heterocycles. The summed E-state index contributed by atoms with van der Waals surface area (Å²) in [5, 5.41) is 0. The van der Waals surface area contributed by atoms with Gasteiger partial charge in [0.05, 0.1) is 11.1 Å². The Hall–Kier alpha value is -1.20. The van der Waals surface area contributed by atoms with Crippen molar-refractivity contribution in [3.05, 3.63) is 54.0 Å². The standard InChI is InChI=1S/C12H9BrN2OS/c13-9-3-1-8(2-4-9)7-10-11(16)15-6-5-14-12(15)17-10/h1-4,7H,5-6H2. The maximum atomic E-state index is 12.0. The fourth-order valence-corrected chi connectivity index (χ4v) is 3.07. The molecule has 1 aliphatic rings. The third kappa shape index (κ3) is 2.00. The molecule has 0 amide bonds. The molecular formula is C12H9BrN2OS. The SMILES string of the molecule is O=c1c(=Cc2ccc(Br)cc2)sc2n1CCN=2. The van der Waals surface area contributed by atoms with E-state index in [1.165, 1.54) is 11.3 Å². The van der Waals surface area contributed by atoms with Crippen LogP contribution >= 0.6 is 27.3 Å². The number of halogens is 1. The smallest absolute Gasteiger partial charge is 0.270 e. The van der Waals surface area contributed by atoms with Crippen LogP contribution in [0.15, 0.2) is 38.5 Å². The lowest BCUT2D eigenvalue weighted by molar-refractivity contribution is 0.740. The van der Waals surface area contributed by atoms with Crippen LogP contribution in [-0.2, 0) is 6.54 Å². The average molecular weight is 309 g/mol. The second kappa shape index (κ2) is 4.23. The Morgan fingerprint density at radius 3 is 2.82 bits per heavy atom. The molecule has 0 radical (unpaired) electrons. The highest BCUT2D eigenvalue weighted by Crippen LogP contribution is 2.10. The number of hydrogen-bond donors (Lipinski definition) is 0. The molecule has 5 heteroatoms. The molecule has 1 aromatic carbocycles. The van der Waals surface area contributed by atoms with Crippen LogP contribution < -0.4 is 14.9 Å². The van der Waals surface area contributed by atoms with Crippen molar-refractivity contribution >= 4 is 33.3 Å². The first kappa shape index (κ1) is 10.9. The van der Waals surface area contributed by atoms with Gasteiger partial charge in [-0.3, -0.25) is 14.4 Å². The summed E-state index contributed by atoms with van der Waals surface area (Å²) in [6.45, 7) is 1.46. The molecule has 1 aliphatic heterocycles. The molecule has 0 spiro atoms. The minimum Gasteiger partial charge on any atom is -0.282 e. The van der Waals surface area contributed by atoms with Crippen molar-refractivity contribution in [1.82, 2.24) is 4.57 Å². The van der Waals surface area contributed by atoms with Crippen molar-refractivity contribution in [2.24, 2.45) is 4.99 Å². The largest absolute Gasteiger partial charge is 0.282 e. The molecule has 0 atom stereocenters. The second-order valence-corrected chi connectivity index (χ2v) is 5.71. The highest BCUT2D eigenvalue weighted by molar-refractivity contribution is 9.10. The van der Waals surface area contributed by atoms with E-state index in [9.17, 15) is 4.79 Å². The van der Waals surface area contributed by atoms with E-state index >= 15 is 0 Å². The quantitative estimate of drug-likeness (QED) is 0.778. The van der Waals surface area contributed by atoms with Crippen molar-refractivity contribution in [2.75, 3.05) is 6.54 Å². The van der Waals surface area contributed by atoms with Crippen molar-refractivity contribution in [1.29, 1.82) is 0 Å². The molecule has 0 bridgehead atoms. The lowest BCUT2D eigenvalue weighted by Crippen LogP contribution is -2.29. The van der Waals surface area contributed by atoms with Crippen LogP contribution in [0.4, 0.5) is 0 Å². The number of rotatable bonds is 1. The Kier molecular flexibility index (Phi) is 2.72. The maximum absolute atomic E-state index is 12.0. The highest BCUT2D eigenvalue weighted by atomic mass is 79.9. The Bertz CT molecular complexity index is 727. The monoisotopic (exact) mass is 308 g/mol. The normalized spacial score (nSPS) is 14.8. The summed E-state index contributed by atoms with van der Waals surface area (Å²) in [4.78, 5) is 17.1. The summed E-state index contributed by atoms with van der Waals surface area (Å²) in [7, 11) is 0. The van der Waals surface area contributed by atoms with Crippen LogP contribution in [0, 0.1) is 0 Å². The average Bonchev–Trinajstić information content (AvgIpc) is 2.87. The van der Waals surface area contributed by atoms with Crippen molar-refractivity contribution in [3.63, 3.8) is 0 Å². The number of fused-ring (bicyclic) bond motifs is 1. The summed E-state index contributed by atoms with van der Waals surface area (Å²) < 4.78 is 3.54. The van der Waals surface area contributed by atoms with Gasteiger partial charge in [0, 0.05) is 11.0 Å². The minimum atomic E-state index is 0.0779. The molecule has 2 heterocycles. The Balaban J connectivity index is 2.17. The highest BCUT2D eigenvalue weighted by Gasteiger charge is 2.09. The van der Waals surface area contributed by atoms with Gasteiger partial charge >= 0.3 is 0 Å². The number of nitrogens with zero attached hydrogens (tertiary/aromatic N) is 2. The van der Waals surface area contributed by atoms with E-state index in [1.807, 2.05) is 30.3 Å². The summed E-state index contributed by atoms with van der Waals surface area (Å²) in [6.07, 6.45) is 1.92. The lowest BCUT2D eigenvalue weighted by Gasteiger charge is -1.92. The fraction of sp³-hybridized carbons (Fsp3) is 0.167. The number of hydrogen-bond acceptors (Lipinski definition) is 3. The van der Waals surface area contributed by atoms with Crippen LogP contribution in [0.25, 0.3) is 6.08 Å². The van der Waals surface area contributed by atoms with Gasteiger partial charge in [-0.05, 0) is 23.8 Å². The first-order valence-corrected chi connectivity index (χ1v) is 6.86. The maximum Gasteiger partial charge on any atom is 0.270 e. The topological polar surface area (TPSA) is 34.4 Å². The van der Waals surface area contributed by atoms with Gasteiger partial charge in [-0.2, -0.15) is 0 Å². The summed E-state index contributed by atoms with van der Waals surface area (Å²) in [5.74, 6) is 0. The van der Waals surface area contributed by atoms with E-state index in [-0.39, 0.29) is 5.56 Å². The molecule has 86 valence electrons. The number of aromatic nitrogens is 1. The van der Waals surface area contributed by atoms with E-state index < -0.39 is 0 Å². The van der Waals surface area contributed by atoms with Gasteiger partial charge in [0.25, 0.3) is 5.56 Å². The van der Waals surface area contributed by atoms with Gasteiger partial charge in [0.2, 0.25) is 0 Å². The molecule has 0 unspecified atom stereocenters. The predicted molar refractivity (Wildman–Crippen MR) is 71.9 cm³/mol. The summed E-state index contributed by atoms with van der Waals surface area (Å²) >= 11 is 4.85. The van der Waals surface area contributed by atoms with E-state index in [1.54, 1.807) is 4.57 Å². The van der Waals surface area contributed by atoms with Crippen molar-refractivity contribution in [3.8, 4) is 0 Å². The zero-order valence-electron chi connectivity index (χ0n) is 8.89. The summed E-state index contributed by atoms with van der Waals surface area (Å²) in [6, 6.07) is 7.90. The van der Waals surface area contributed by atoms with Gasteiger partial charge in [-0.25, -0.2) is 0 Å². The molecule has 0 aliphatic carbocycles. The van der Waals surface area contributed by atoms with Crippen LogP contribution in [0.1, 0.15) is 5.56 Å². The molecule has 3 nitrogen and oxygen atoms in total. The van der Waals surface area contributed by atoms with E-state index in [2.05, 4.69) is 20.9 Å². The lowest BCUT2D eigenvalue weighted by atomic mass is 10.2. The van der Waals surface area contributed by atoms with E-state index in [4.69, 9.17) is 0 Å². The number of benzene rings is 1. The Morgan fingerprint density at radius 2 is 2.12 bits per heavy atom. The van der Waals surface area contributed by atoms with Crippen LogP contribution in [0.5, 0.6) is 0 Å². The molecule has 0 N–H and O–H groups in total. The van der Waals surface area contributed by atoms with Gasteiger partial charge in [0.1, 0.15) is 0 Å². The minimum absolute atomic E-state index is 0.0779. The third-order valence-electron chi connectivity index (χ3n) is 2.63. The van der Waals surface area contributed by atoms with Crippen molar-refractivity contribution < 1.29 is 0 Å². The van der Waals surface area contributed by atoms with Crippen LogP contribution in [0.3, 0.4) is 0 Å². The van der Waals surface area contributed by atoms with Gasteiger partial charge in [-0.15, -0.1) is 0 Å². The number of thiazole rings is 1. The molecule has 0 fully saturated rings. The Labute approximate surface area is 110 Å². The van der Waals surface area contributed by atoms with E-state index in [0.29, 0.717) is 0 Å². The third-order valence-corrected chi connectivity index (χ3v) is 4.20. The zero-order valence-corrected chi connectivity index (χ0v) is 11.3. The van der Waals surface area contributed by atoms with Crippen molar-refractivity contribution in [2.45, 2.75) is 6.54 Å². The van der Waals surface area contributed by atoms with Gasteiger partial charge in [0.15, 0.2) is 4.80 Å². The molecule has 2 aromatic rings. The second-order valence-electron chi connectivity index (χ2n) is 3.78.